The van der Waals surface area contributed by atoms with Crippen molar-refractivity contribution in [2.24, 2.45) is 5.92 Å². The highest BCUT2D eigenvalue weighted by Crippen LogP contribution is 2.31. The fourth-order valence-electron chi connectivity index (χ4n) is 5.14. The molecule has 1 aromatic carbocycles. The standard InChI is InChI=1S/C27H37N5O5.2C3H8.2C2H6.CH4O/c1-4-9-20(23(33)25(35)29-13-5-2)30-24(34)21-12-8-14-32(21)26(36)22(31-27(37)28-3)19-15-17-10-6-7-11-18(17)16-19;2*1-3-2;3*1-2/h5-7,10-11,19-22H,2,4,8-9,12-16H2,1,3H3,(H,29,35)(H,30,34)(H2,28,31,37);2*3H2,1-2H3;2*1-2H3;2H,1H3. The van der Waals surface area contributed by atoms with Crippen molar-refractivity contribution in [1.82, 2.24) is 26.2 Å². The van der Waals surface area contributed by atoms with Crippen molar-refractivity contribution in [3.8, 4) is 0 Å². The number of aliphatic hydroxyl groups is 1. The predicted octanol–water partition coefficient (Wildman–Crippen LogP) is 5.34. The molecule has 1 saturated heterocycles. The lowest BCUT2D eigenvalue weighted by atomic mass is 9.95. The van der Waals surface area contributed by atoms with Crippen molar-refractivity contribution in [1.29, 1.82) is 0 Å². The Balaban J connectivity index is -0.00000156. The molecule has 3 rings (SSSR count). The highest BCUT2D eigenvalue weighted by Gasteiger charge is 2.42. The molecule has 3 unspecified atom stereocenters. The Hall–Kier alpha value is -3.73. The number of hydrogen-bond acceptors (Lipinski definition) is 6. The van der Waals surface area contributed by atoms with Gasteiger partial charge in [0, 0.05) is 27.2 Å². The van der Waals surface area contributed by atoms with E-state index in [4.69, 9.17) is 5.11 Å². The molecule has 0 spiro atoms. The summed E-state index contributed by atoms with van der Waals surface area (Å²) in [5, 5.41) is 17.5. The number of aliphatic hydroxyl groups excluding tert-OH is 1. The van der Waals surface area contributed by atoms with E-state index in [0.717, 1.165) is 18.2 Å². The third-order valence-corrected chi connectivity index (χ3v) is 7.01. The van der Waals surface area contributed by atoms with Gasteiger partial charge in [0.15, 0.2) is 0 Å². The van der Waals surface area contributed by atoms with Crippen LogP contribution in [0, 0.1) is 5.92 Å². The van der Waals surface area contributed by atoms with Crippen molar-refractivity contribution < 1.29 is 29.1 Å². The van der Waals surface area contributed by atoms with Crippen LogP contribution < -0.4 is 21.3 Å². The first-order chi connectivity index (χ1) is 23.6. The van der Waals surface area contributed by atoms with Gasteiger partial charge in [0.2, 0.25) is 17.6 Å². The number of nitrogens with zero attached hydrogens (tertiary/aromatic N) is 1. The lowest BCUT2D eigenvalue weighted by Gasteiger charge is -2.32. The zero-order valence-electron chi connectivity index (χ0n) is 32.4. The van der Waals surface area contributed by atoms with Crippen LogP contribution in [-0.2, 0) is 32.0 Å². The zero-order chi connectivity index (χ0) is 38.4. The second-order valence-electron chi connectivity index (χ2n) is 11.0. The summed E-state index contributed by atoms with van der Waals surface area (Å²) in [5.41, 5.74) is 2.30. The maximum Gasteiger partial charge on any atom is 0.315 e. The monoisotopic (exact) mass is 692 g/mol. The van der Waals surface area contributed by atoms with Crippen LogP contribution in [0.15, 0.2) is 36.9 Å². The van der Waals surface area contributed by atoms with E-state index < -0.39 is 41.8 Å². The average Bonchev–Trinajstić information content (AvgIpc) is 3.80. The Labute approximate surface area is 297 Å². The maximum absolute atomic E-state index is 13.8. The Bertz CT molecular complexity index is 1050. The highest BCUT2D eigenvalue weighted by molar-refractivity contribution is 6.38. The Morgan fingerprint density at radius 3 is 1.88 bits per heavy atom. The first-order valence-corrected chi connectivity index (χ1v) is 18.2. The molecule has 1 aromatic rings. The number of carbonyl (C=O) groups excluding carboxylic acids is 5. The molecule has 5 N–H and O–H groups in total. The predicted molar refractivity (Wildman–Crippen MR) is 201 cm³/mol. The van der Waals surface area contributed by atoms with Gasteiger partial charge in [-0.05, 0) is 49.1 Å². The van der Waals surface area contributed by atoms with E-state index in [1.54, 1.807) is 0 Å². The topological polar surface area (TPSA) is 157 Å². The van der Waals surface area contributed by atoms with E-state index in [1.807, 2.05) is 58.9 Å². The molecular formula is C38H69N5O6. The maximum atomic E-state index is 13.8. The summed E-state index contributed by atoms with van der Waals surface area (Å²) in [6.45, 7) is 22.4. The smallest absolute Gasteiger partial charge is 0.315 e. The number of carbonyl (C=O) groups is 5. The number of nitrogens with one attached hydrogen (secondary N) is 4. The van der Waals surface area contributed by atoms with Gasteiger partial charge in [-0.1, -0.05) is 112 Å². The first kappa shape index (κ1) is 49.7. The van der Waals surface area contributed by atoms with Crippen LogP contribution in [-0.4, -0.2) is 84.9 Å². The first-order valence-electron chi connectivity index (χ1n) is 18.2. The normalized spacial score (nSPS) is 14.9. The minimum Gasteiger partial charge on any atom is -0.400 e. The number of ketones is 1. The van der Waals surface area contributed by atoms with Gasteiger partial charge in [-0.25, -0.2) is 4.79 Å². The van der Waals surface area contributed by atoms with Gasteiger partial charge in [0.05, 0.1) is 6.04 Å². The third-order valence-electron chi connectivity index (χ3n) is 7.01. The average molecular weight is 692 g/mol. The summed E-state index contributed by atoms with van der Waals surface area (Å²) in [6.07, 6.45) is 7.20. The lowest BCUT2D eigenvalue weighted by Crippen LogP contribution is -2.58. The summed E-state index contributed by atoms with van der Waals surface area (Å²) >= 11 is 0. The Morgan fingerprint density at radius 2 is 1.43 bits per heavy atom. The van der Waals surface area contributed by atoms with E-state index in [-0.39, 0.29) is 18.4 Å². The van der Waals surface area contributed by atoms with Crippen LogP contribution in [0.2, 0.25) is 0 Å². The van der Waals surface area contributed by atoms with E-state index in [9.17, 15) is 24.0 Å². The second-order valence-corrected chi connectivity index (χ2v) is 11.0. The largest absolute Gasteiger partial charge is 0.400 e. The minimum absolute atomic E-state index is 0.144. The third kappa shape index (κ3) is 18.0. The SMILES string of the molecule is C=CCNC(=O)C(=O)C(CCC)NC(=O)C1CCCN1C(=O)C(NC(=O)NC)C1Cc2ccccc2C1.CC.CC.CCC.CCC.CO. The molecule has 2 aliphatic rings. The number of fused-ring (bicyclic) bond motifs is 1. The molecular weight excluding hydrogens is 622 g/mol. The van der Waals surface area contributed by atoms with Crippen LogP contribution in [0.3, 0.4) is 0 Å². The molecule has 3 atom stereocenters. The number of Topliss-reactive ketones (excluding diaryl/α,β-unsaturated/α-hetero) is 1. The molecule has 11 nitrogen and oxygen atoms in total. The van der Waals surface area contributed by atoms with Crippen LogP contribution in [0.4, 0.5) is 4.79 Å². The number of hydrogen-bond donors (Lipinski definition) is 5. The molecule has 11 heteroatoms. The summed E-state index contributed by atoms with van der Waals surface area (Å²) in [5.74, 6) is -2.44. The van der Waals surface area contributed by atoms with Crippen molar-refractivity contribution in [2.75, 3.05) is 27.2 Å². The van der Waals surface area contributed by atoms with Crippen LogP contribution in [0.25, 0.3) is 0 Å². The zero-order valence-corrected chi connectivity index (χ0v) is 32.4. The number of likely N-dealkylation sites (tertiary alicyclic amines) is 1. The van der Waals surface area contributed by atoms with Crippen LogP contribution in [0.5, 0.6) is 0 Å². The lowest BCUT2D eigenvalue weighted by molar-refractivity contribution is -0.143. The van der Waals surface area contributed by atoms with Gasteiger partial charge in [0.25, 0.3) is 5.91 Å². The second kappa shape index (κ2) is 31.5. The minimum atomic E-state index is -0.982. The van der Waals surface area contributed by atoms with E-state index in [0.29, 0.717) is 45.1 Å². The molecule has 49 heavy (non-hydrogen) atoms. The van der Waals surface area contributed by atoms with Crippen molar-refractivity contribution in [2.45, 2.75) is 132 Å². The van der Waals surface area contributed by atoms with E-state index in [2.05, 4.69) is 55.5 Å². The van der Waals surface area contributed by atoms with Gasteiger partial charge in [-0.3, -0.25) is 19.2 Å². The number of urea groups is 1. The number of benzene rings is 1. The van der Waals surface area contributed by atoms with Gasteiger partial charge in [0.1, 0.15) is 12.1 Å². The molecule has 0 saturated carbocycles. The molecule has 1 aliphatic carbocycles. The Kier molecular flexibility index (Phi) is 32.0. The van der Waals surface area contributed by atoms with Crippen LogP contribution >= 0.6 is 0 Å². The molecule has 5 amide bonds. The molecule has 0 radical (unpaired) electrons. The van der Waals surface area contributed by atoms with Gasteiger partial charge < -0.3 is 31.3 Å². The van der Waals surface area contributed by atoms with Crippen molar-refractivity contribution in [3.63, 3.8) is 0 Å². The van der Waals surface area contributed by atoms with E-state index in [1.165, 1.54) is 30.9 Å². The molecule has 0 bridgehead atoms. The summed E-state index contributed by atoms with van der Waals surface area (Å²) < 4.78 is 0. The molecule has 1 fully saturated rings. The summed E-state index contributed by atoms with van der Waals surface area (Å²) in [7, 11) is 2.49. The highest BCUT2D eigenvalue weighted by atomic mass is 16.2. The molecule has 1 aliphatic heterocycles. The van der Waals surface area contributed by atoms with Gasteiger partial charge in [-0.15, -0.1) is 6.58 Å². The van der Waals surface area contributed by atoms with Gasteiger partial charge in [-0.2, -0.15) is 0 Å². The van der Waals surface area contributed by atoms with E-state index >= 15 is 0 Å². The number of amides is 5. The molecule has 0 aromatic heterocycles. The van der Waals surface area contributed by atoms with Crippen molar-refractivity contribution >= 4 is 29.5 Å². The quantitative estimate of drug-likeness (QED) is 0.156. The Morgan fingerprint density at radius 1 is 0.918 bits per heavy atom. The van der Waals surface area contributed by atoms with Gasteiger partial charge >= 0.3 is 6.03 Å². The fourth-order valence-corrected chi connectivity index (χ4v) is 5.14. The van der Waals surface area contributed by atoms with Crippen LogP contribution in [0.1, 0.15) is 112 Å². The summed E-state index contributed by atoms with van der Waals surface area (Å²) in [4.78, 5) is 65.7. The molecule has 282 valence electrons. The fraction of sp³-hybridized carbons (Fsp3) is 0.658. The number of rotatable bonds is 11. The molecule has 1 heterocycles. The summed E-state index contributed by atoms with van der Waals surface area (Å²) in [6, 6.07) is 4.93. The van der Waals surface area contributed by atoms with Crippen molar-refractivity contribution in [3.05, 3.63) is 48.0 Å².